The Morgan fingerprint density at radius 2 is 1.86 bits per heavy atom. The number of hydrogen-bond acceptors (Lipinski definition) is 2. The predicted molar refractivity (Wildman–Crippen MR) is 93.3 cm³/mol. The van der Waals surface area contributed by atoms with Gasteiger partial charge < -0.3 is 15.1 Å². The van der Waals surface area contributed by atoms with Crippen molar-refractivity contribution >= 4 is 40.5 Å². The highest BCUT2D eigenvalue weighted by atomic mass is 35.5. The van der Waals surface area contributed by atoms with Crippen LogP contribution in [0, 0.1) is 12.8 Å². The molecule has 0 aromatic heterocycles. The van der Waals surface area contributed by atoms with Crippen LogP contribution in [0.15, 0.2) is 18.2 Å². The van der Waals surface area contributed by atoms with E-state index in [4.69, 9.17) is 23.8 Å². The predicted octanol–water partition coefficient (Wildman–Crippen LogP) is 2.90. The van der Waals surface area contributed by atoms with Crippen LogP contribution >= 0.6 is 23.8 Å². The number of benzene rings is 1. The molecule has 3 rings (SSSR count). The SMILES string of the molecule is Cc1c(Cl)cccc1NC(=S)N1CCN(C(=O)C2CC2)CC1. The summed E-state index contributed by atoms with van der Waals surface area (Å²) in [6.07, 6.45) is 2.13. The molecule has 1 aliphatic heterocycles. The number of hydrogen-bond donors (Lipinski definition) is 1. The van der Waals surface area contributed by atoms with Crippen LogP contribution in [0.5, 0.6) is 0 Å². The van der Waals surface area contributed by atoms with Crippen molar-refractivity contribution in [2.75, 3.05) is 31.5 Å². The monoisotopic (exact) mass is 337 g/mol. The summed E-state index contributed by atoms with van der Waals surface area (Å²) in [6, 6.07) is 5.75. The van der Waals surface area contributed by atoms with E-state index in [9.17, 15) is 4.79 Å². The third kappa shape index (κ3) is 3.36. The van der Waals surface area contributed by atoms with Gasteiger partial charge in [-0.1, -0.05) is 17.7 Å². The third-order valence-electron chi connectivity index (χ3n) is 4.31. The Morgan fingerprint density at radius 3 is 2.50 bits per heavy atom. The van der Waals surface area contributed by atoms with E-state index in [1.54, 1.807) is 0 Å². The third-order valence-corrected chi connectivity index (χ3v) is 5.08. The van der Waals surface area contributed by atoms with Crippen molar-refractivity contribution in [3.05, 3.63) is 28.8 Å². The number of halogens is 1. The van der Waals surface area contributed by atoms with Gasteiger partial charge >= 0.3 is 0 Å². The van der Waals surface area contributed by atoms with Gasteiger partial charge in [0, 0.05) is 42.8 Å². The molecule has 1 amide bonds. The van der Waals surface area contributed by atoms with Crippen molar-refractivity contribution in [2.45, 2.75) is 19.8 Å². The fourth-order valence-electron chi connectivity index (χ4n) is 2.66. The van der Waals surface area contributed by atoms with Crippen LogP contribution in [0.2, 0.25) is 5.02 Å². The highest BCUT2D eigenvalue weighted by Crippen LogP contribution is 2.31. The first-order chi connectivity index (χ1) is 10.6. The molecule has 1 heterocycles. The van der Waals surface area contributed by atoms with Crippen molar-refractivity contribution in [3.63, 3.8) is 0 Å². The van der Waals surface area contributed by atoms with Gasteiger partial charge in [0.15, 0.2) is 5.11 Å². The van der Waals surface area contributed by atoms with Gasteiger partial charge in [-0.2, -0.15) is 0 Å². The quantitative estimate of drug-likeness (QED) is 0.842. The molecular formula is C16H20ClN3OS. The van der Waals surface area contributed by atoms with E-state index in [1.807, 2.05) is 30.0 Å². The summed E-state index contributed by atoms with van der Waals surface area (Å²) in [4.78, 5) is 16.1. The fraction of sp³-hybridized carbons (Fsp3) is 0.500. The number of nitrogens with one attached hydrogen (secondary N) is 1. The lowest BCUT2D eigenvalue weighted by atomic mass is 10.2. The van der Waals surface area contributed by atoms with Gasteiger partial charge in [-0.15, -0.1) is 0 Å². The summed E-state index contributed by atoms with van der Waals surface area (Å²) in [5.41, 5.74) is 1.93. The Kier molecular flexibility index (Phi) is 4.54. The molecule has 0 atom stereocenters. The molecule has 0 bridgehead atoms. The molecule has 118 valence electrons. The van der Waals surface area contributed by atoms with Gasteiger partial charge in [-0.3, -0.25) is 4.79 Å². The minimum Gasteiger partial charge on any atom is -0.345 e. The van der Waals surface area contributed by atoms with Gasteiger partial charge in [-0.25, -0.2) is 0 Å². The molecule has 2 fully saturated rings. The summed E-state index contributed by atoms with van der Waals surface area (Å²) in [6.45, 7) is 5.05. The summed E-state index contributed by atoms with van der Waals surface area (Å²) < 4.78 is 0. The second-order valence-electron chi connectivity index (χ2n) is 5.93. The van der Waals surface area contributed by atoms with Crippen LogP contribution < -0.4 is 5.32 Å². The second kappa shape index (κ2) is 6.42. The number of amides is 1. The largest absolute Gasteiger partial charge is 0.345 e. The van der Waals surface area contributed by atoms with Crippen molar-refractivity contribution in [1.82, 2.24) is 9.80 Å². The number of carbonyl (C=O) groups excluding carboxylic acids is 1. The summed E-state index contributed by atoms with van der Waals surface area (Å²) in [5.74, 6) is 0.620. The zero-order chi connectivity index (χ0) is 15.7. The number of nitrogens with zero attached hydrogens (tertiary/aromatic N) is 2. The summed E-state index contributed by atoms with van der Waals surface area (Å²) in [7, 11) is 0. The Balaban J connectivity index is 1.55. The molecule has 22 heavy (non-hydrogen) atoms. The maximum absolute atomic E-state index is 12.1. The standard InChI is InChI=1S/C16H20ClN3OS/c1-11-13(17)3-2-4-14(11)18-16(22)20-9-7-19(8-10-20)15(21)12-5-6-12/h2-4,12H,5-10H2,1H3,(H,18,22). The lowest BCUT2D eigenvalue weighted by molar-refractivity contribution is -0.133. The van der Waals surface area contributed by atoms with Crippen LogP contribution in [0.25, 0.3) is 0 Å². The van der Waals surface area contributed by atoms with Gasteiger partial charge in [0.25, 0.3) is 0 Å². The zero-order valence-corrected chi connectivity index (χ0v) is 14.2. The highest BCUT2D eigenvalue weighted by molar-refractivity contribution is 7.80. The fourth-order valence-corrected chi connectivity index (χ4v) is 3.12. The van der Waals surface area contributed by atoms with E-state index in [0.29, 0.717) is 16.9 Å². The Bertz CT molecular complexity index is 595. The Hall–Kier alpha value is -1.33. The van der Waals surface area contributed by atoms with E-state index in [0.717, 1.165) is 55.3 Å². The summed E-state index contributed by atoms with van der Waals surface area (Å²) >= 11 is 11.6. The van der Waals surface area contributed by atoms with E-state index < -0.39 is 0 Å². The molecule has 1 aliphatic carbocycles. The molecular weight excluding hydrogens is 318 g/mol. The first-order valence-electron chi connectivity index (χ1n) is 7.66. The first kappa shape index (κ1) is 15.6. The van der Waals surface area contributed by atoms with Gasteiger partial charge in [0.1, 0.15) is 0 Å². The molecule has 1 saturated heterocycles. The van der Waals surface area contributed by atoms with Crippen molar-refractivity contribution in [2.24, 2.45) is 5.92 Å². The smallest absolute Gasteiger partial charge is 0.225 e. The number of rotatable bonds is 2. The lowest BCUT2D eigenvalue weighted by Gasteiger charge is -2.36. The molecule has 1 saturated carbocycles. The van der Waals surface area contributed by atoms with Gasteiger partial charge in [0.2, 0.25) is 5.91 Å². The molecule has 0 radical (unpaired) electrons. The maximum Gasteiger partial charge on any atom is 0.225 e. The van der Waals surface area contributed by atoms with Gasteiger partial charge in [0.05, 0.1) is 0 Å². The molecule has 0 unspecified atom stereocenters. The van der Waals surface area contributed by atoms with Crippen molar-refractivity contribution < 1.29 is 4.79 Å². The molecule has 0 spiro atoms. The normalized spacial score (nSPS) is 18.3. The van der Waals surface area contributed by atoms with Crippen LogP contribution in [-0.2, 0) is 4.79 Å². The van der Waals surface area contributed by atoms with E-state index in [2.05, 4.69) is 10.2 Å². The average molecular weight is 338 g/mol. The van der Waals surface area contributed by atoms with Crippen molar-refractivity contribution in [3.8, 4) is 0 Å². The van der Waals surface area contributed by atoms with Crippen LogP contribution in [-0.4, -0.2) is 47.0 Å². The minimum absolute atomic E-state index is 0.297. The lowest BCUT2D eigenvalue weighted by Crippen LogP contribution is -2.52. The number of carbonyl (C=O) groups is 1. The van der Waals surface area contributed by atoms with E-state index in [-0.39, 0.29) is 0 Å². The second-order valence-corrected chi connectivity index (χ2v) is 6.72. The van der Waals surface area contributed by atoms with Crippen LogP contribution in [0.3, 0.4) is 0 Å². The molecule has 4 nitrogen and oxygen atoms in total. The molecule has 6 heteroatoms. The topological polar surface area (TPSA) is 35.6 Å². The van der Waals surface area contributed by atoms with Crippen molar-refractivity contribution in [1.29, 1.82) is 0 Å². The minimum atomic E-state index is 0.297. The Labute approximate surface area is 141 Å². The van der Waals surface area contributed by atoms with E-state index in [1.165, 1.54) is 0 Å². The number of thiocarbonyl (C=S) groups is 1. The van der Waals surface area contributed by atoms with Crippen LogP contribution in [0.1, 0.15) is 18.4 Å². The Morgan fingerprint density at radius 1 is 1.23 bits per heavy atom. The zero-order valence-electron chi connectivity index (χ0n) is 12.6. The average Bonchev–Trinajstić information content (AvgIpc) is 3.36. The molecule has 1 N–H and O–H groups in total. The highest BCUT2D eigenvalue weighted by Gasteiger charge is 2.34. The molecule has 1 aromatic carbocycles. The number of anilines is 1. The maximum atomic E-state index is 12.1. The first-order valence-corrected chi connectivity index (χ1v) is 8.44. The van der Waals surface area contributed by atoms with Gasteiger partial charge in [-0.05, 0) is 49.7 Å². The van der Waals surface area contributed by atoms with E-state index >= 15 is 0 Å². The molecule has 1 aromatic rings. The number of piperazine rings is 1. The summed E-state index contributed by atoms with van der Waals surface area (Å²) in [5, 5.41) is 4.70. The molecule has 2 aliphatic rings. The van der Waals surface area contributed by atoms with Crippen LogP contribution in [0.4, 0.5) is 5.69 Å².